The molecule has 5 nitrogen and oxygen atoms in total. The monoisotopic (exact) mass is 498 g/mol. The van der Waals surface area contributed by atoms with Crippen LogP contribution >= 0.6 is 23.1 Å². The van der Waals surface area contributed by atoms with Gasteiger partial charge in [-0.05, 0) is 58.2 Å². The third-order valence-electron chi connectivity index (χ3n) is 5.48. The number of carbonyl (C=O) groups is 2. The number of fused-ring (bicyclic) bond motifs is 1. The first-order valence-corrected chi connectivity index (χ1v) is 12.1. The van der Waals surface area contributed by atoms with Crippen LogP contribution in [0.15, 0.2) is 59.5 Å². The fourth-order valence-electron chi connectivity index (χ4n) is 3.66. The molecule has 0 amide bonds. The van der Waals surface area contributed by atoms with Crippen LogP contribution in [0.1, 0.15) is 52.7 Å². The summed E-state index contributed by atoms with van der Waals surface area (Å²) in [6, 6.07) is 14.8. The normalized spacial score (nSPS) is 12.2. The molecule has 2 heterocycles. The van der Waals surface area contributed by atoms with Crippen molar-refractivity contribution < 1.29 is 44.3 Å². The van der Waals surface area contributed by atoms with Gasteiger partial charge in [-0.25, -0.2) is 0 Å². The predicted molar refractivity (Wildman–Crippen MR) is 132 cm³/mol. The van der Waals surface area contributed by atoms with Crippen LogP contribution in [-0.4, -0.2) is 20.5 Å². The molecule has 0 aliphatic carbocycles. The molecule has 4 aromatic rings. The summed E-state index contributed by atoms with van der Waals surface area (Å²) in [5, 5.41) is 14.3. The third kappa shape index (κ3) is 5.73. The van der Waals surface area contributed by atoms with Gasteiger partial charge in [-0.15, -0.1) is 11.3 Å². The number of carboxylic acid groups (broad SMARTS) is 1. The van der Waals surface area contributed by atoms with Gasteiger partial charge in [0.25, 0.3) is 0 Å². The van der Waals surface area contributed by atoms with Crippen LogP contribution in [0, 0.1) is 6.92 Å². The first-order chi connectivity index (χ1) is 15.6. The molecule has 2 aromatic carbocycles. The number of aryl methyl sites for hydroxylation is 1. The Bertz CT molecular complexity index is 1380. The van der Waals surface area contributed by atoms with Gasteiger partial charge < -0.3 is 9.90 Å². The van der Waals surface area contributed by atoms with Gasteiger partial charge in [-0.2, -0.15) is 8.75 Å². The first-order valence-electron chi connectivity index (χ1n) is 10.5. The Morgan fingerprint density at radius 3 is 2.24 bits per heavy atom. The van der Waals surface area contributed by atoms with Crippen molar-refractivity contribution in [3.63, 3.8) is 0 Å². The van der Waals surface area contributed by atoms with Crippen molar-refractivity contribution in [2.24, 2.45) is 0 Å². The molecule has 0 unspecified atom stereocenters. The summed E-state index contributed by atoms with van der Waals surface area (Å²) in [6.07, 6.45) is 0.177. The van der Waals surface area contributed by atoms with E-state index in [9.17, 15) is 14.7 Å². The van der Waals surface area contributed by atoms with Gasteiger partial charge in [0.15, 0.2) is 5.78 Å². The van der Waals surface area contributed by atoms with Crippen LogP contribution in [0.25, 0.3) is 16.6 Å². The van der Waals surface area contributed by atoms with E-state index in [1.165, 1.54) is 16.9 Å². The maximum atomic E-state index is 13.6. The minimum atomic E-state index is -1.39. The van der Waals surface area contributed by atoms with Gasteiger partial charge in [-0.1, -0.05) is 51.1 Å². The molecule has 0 radical (unpaired) electrons. The van der Waals surface area contributed by atoms with E-state index in [2.05, 4.69) is 29.5 Å². The first kappa shape index (κ1) is 26.4. The van der Waals surface area contributed by atoms with Crippen LogP contribution in [0.2, 0.25) is 0 Å². The zero-order valence-corrected chi connectivity index (χ0v) is 23.5. The van der Waals surface area contributed by atoms with Gasteiger partial charge >= 0.3 is 29.6 Å². The number of carboxylic acids is 1. The van der Waals surface area contributed by atoms with E-state index in [1.54, 1.807) is 24.3 Å². The number of benzene rings is 2. The van der Waals surface area contributed by atoms with Gasteiger partial charge in [0.2, 0.25) is 0 Å². The Labute approximate surface area is 229 Å². The molecular formula is C26H23N2NaO3S2. The molecule has 168 valence electrons. The summed E-state index contributed by atoms with van der Waals surface area (Å²) in [7, 11) is 0. The third-order valence-corrected chi connectivity index (χ3v) is 7.08. The summed E-state index contributed by atoms with van der Waals surface area (Å²) in [6.45, 7) is 8.31. The van der Waals surface area contributed by atoms with Crippen LogP contribution in [0.4, 0.5) is 0 Å². The predicted octanol–water partition coefficient (Wildman–Crippen LogP) is 1.99. The molecule has 0 spiro atoms. The maximum absolute atomic E-state index is 13.6. The number of carbonyl (C=O) groups excluding carboxylic acids is 2. The van der Waals surface area contributed by atoms with Gasteiger partial charge in [0, 0.05) is 17.6 Å². The molecule has 0 saturated carbocycles. The SMILES string of the molecule is Cc1csc(C(=O)C(Cc2ccc(C(C)(C)C)cc2)=C(C(=O)[O-])c2ccc3nsnc3c2)c1.[Na+]. The second-order valence-electron chi connectivity index (χ2n) is 9.05. The molecule has 2 aromatic heterocycles. The van der Waals surface area contributed by atoms with E-state index >= 15 is 0 Å². The van der Waals surface area contributed by atoms with Crippen LogP contribution < -0.4 is 34.7 Å². The van der Waals surface area contributed by atoms with Gasteiger partial charge in [0.05, 0.1) is 22.6 Å². The summed E-state index contributed by atoms with van der Waals surface area (Å²) in [5.41, 5.74) is 4.72. The van der Waals surface area contributed by atoms with Crippen LogP contribution in [-0.2, 0) is 16.6 Å². The molecule has 0 aliphatic heterocycles. The molecule has 0 N–H and O–H groups in total. The Morgan fingerprint density at radius 2 is 1.65 bits per heavy atom. The summed E-state index contributed by atoms with van der Waals surface area (Å²) in [4.78, 5) is 26.4. The number of allylic oxidation sites excluding steroid dienone is 1. The number of nitrogens with zero attached hydrogens (tertiary/aromatic N) is 2. The van der Waals surface area contributed by atoms with Gasteiger partial charge in [-0.3, -0.25) is 4.79 Å². The molecular weight excluding hydrogens is 475 g/mol. The number of Topliss-reactive ketones (excluding diaryl/α,β-unsaturated/α-hetero) is 1. The van der Waals surface area contributed by atoms with Crippen molar-refractivity contribution in [1.29, 1.82) is 0 Å². The summed E-state index contributed by atoms with van der Waals surface area (Å²) in [5.74, 6) is -1.69. The number of ketones is 1. The smallest absolute Gasteiger partial charge is 0.545 e. The van der Waals surface area contributed by atoms with E-state index in [0.29, 0.717) is 21.5 Å². The Balaban J connectivity index is 0.00000324. The quantitative estimate of drug-likeness (QED) is 0.231. The maximum Gasteiger partial charge on any atom is 1.00 e. The number of hydrogen-bond acceptors (Lipinski definition) is 7. The largest absolute Gasteiger partial charge is 1.00 e. The molecule has 34 heavy (non-hydrogen) atoms. The van der Waals surface area contributed by atoms with Gasteiger partial charge in [0.1, 0.15) is 11.0 Å². The molecule has 0 saturated heterocycles. The van der Waals surface area contributed by atoms with E-state index in [-0.39, 0.29) is 58.3 Å². The fraction of sp³-hybridized carbons (Fsp3) is 0.231. The molecule has 8 heteroatoms. The van der Waals surface area contributed by atoms with Crippen LogP contribution in [0.3, 0.4) is 0 Å². The van der Waals surface area contributed by atoms with Crippen molar-refractivity contribution in [1.82, 2.24) is 8.75 Å². The molecule has 0 fully saturated rings. The van der Waals surface area contributed by atoms with E-state index in [1.807, 2.05) is 36.6 Å². The average Bonchev–Trinajstić information content (AvgIpc) is 3.40. The minimum Gasteiger partial charge on any atom is -0.545 e. The number of hydrogen-bond donors (Lipinski definition) is 0. The number of aliphatic carboxylic acids is 1. The average molecular weight is 499 g/mol. The standard InChI is InChI=1S/C26H24N2O3S2.Na/c1-15-11-22(32-14-15)24(29)19(12-16-5-8-18(9-6-16)26(2,3)4)23(25(30)31)17-7-10-20-21(13-17)28-33-27-20;/h5-11,13-14H,12H2,1-4H3,(H,30,31);/q;+1/p-1. The molecule has 0 atom stereocenters. The van der Waals surface area contributed by atoms with E-state index in [0.717, 1.165) is 22.9 Å². The Kier molecular flexibility index (Phi) is 8.26. The van der Waals surface area contributed by atoms with Crippen LogP contribution in [0.5, 0.6) is 0 Å². The minimum absolute atomic E-state index is 0. The second-order valence-corrected chi connectivity index (χ2v) is 10.5. The number of thiophene rings is 1. The molecule has 0 bridgehead atoms. The zero-order valence-electron chi connectivity index (χ0n) is 19.8. The molecule has 0 aliphatic rings. The van der Waals surface area contributed by atoms with Crippen molar-refractivity contribution in [3.8, 4) is 0 Å². The second kappa shape index (κ2) is 10.6. The van der Waals surface area contributed by atoms with E-state index < -0.39 is 5.97 Å². The topological polar surface area (TPSA) is 83.0 Å². The van der Waals surface area contributed by atoms with Crippen molar-refractivity contribution in [2.45, 2.75) is 39.5 Å². The van der Waals surface area contributed by atoms with Crippen molar-refractivity contribution >= 4 is 51.4 Å². The Hall–Kier alpha value is -2.16. The Morgan fingerprint density at radius 1 is 0.971 bits per heavy atom. The van der Waals surface area contributed by atoms with Crippen molar-refractivity contribution in [2.75, 3.05) is 0 Å². The van der Waals surface area contributed by atoms with Crippen molar-refractivity contribution in [3.05, 3.63) is 86.6 Å². The summed E-state index contributed by atoms with van der Waals surface area (Å²) < 4.78 is 8.39. The number of rotatable bonds is 6. The zero-order chi connectivity index (χ0) is 23.8. The summed E-state index contributed by atoms with van der Waals surface area (Å²) >= 11 is 2.37. The fourth-order valence-corrected chi connectivity index (χ4v) is 5.04. The van der Waals surface area contributed by atoms with E-state index in [4.69, 9.17) is 0 Å². The molecule has 4 rings (SSSR count). The number of aromatic nitrogens is 2.